The maximum atomic E-state index is 5.48. The number of nitrogens with zero attached hydrogens (tertiary/aromatic N) is 3. The van der Waals surface area contributed by atoms with Gasteiger partial charge in [-0.3, -0.25) is 9.88 Å². The Bertz CT molecular complexity index is 576. The average molecular weight is 364 g/mol. The van der Waals surface area contributed by atoms with Crippen LogP contribution in [0.1, 0.15) is 51.4 Å². The molecule has 2 N–H and O–H groups in total. The third-order valence-corrected chi connectivity index (χ3v) is 4.47. The Kier molecular flexibility index (Phi) is 9.41. The third-order valence-electron chi connectivity index (χ3n) is 4.47. The van der Waals surface area contributed by atoms with Crippen molar-refractivity contribution in [3.8, 4) is 5.75 Å². The highest BCUT2D eigenvalue weighted by molar-refractivity contribution is 5.79. The standard InChI is InChI=1S/C20H37N5O/c1-9-21-20(22-10-11-25(14(2)3)15(4)5)24-13-18-17(7)19(26-8)16(6)12-23-18/h12,14-15H,9-11,13H2,1-8H3,(H2,21,22,24). The van der Waals surface area contributed by atoms with Crippen LogP contribution in [0.15, 0.2) is 11.2 Å². The van der Waals surface area contributed by atoms with E-state index >= 15 is 0 Å². The minimum Gasteiger partial charge on any atom is -0.496 e. The molecule has 0 fully saturated rings. The molecule has 0 saturated carbocycles. The van der Waals surface area contributed by atoms with E-state index in [9.17, 15) is 0 Å². The van der Waals surface area contributed by atoms with Crippen LogP contribution in [0.25, 0.3) is 0 Å². The first kappa shape index (κ1) is 22.2. The van der Waals surface area contributed by atoms with Crippen molar-refractivity contribution in [3.05, 3.63) is 23.0 Å². The van der Waals surface area contributed by atoms with E-state index in [1.165, 1.54) is 0 Å². The molecule has 0 spiro atoms. The van der Waals surface area contributed by atoms with Gasteiger partial charge in [0.05, 0.1) is 19.3 Å². The van der Waals surface area contributed by atoms with Gasteiger partial charge in [0, 0.05) is 49.0 Å². The van der Waals surface area contributed by atoms with Crippen molar-refractivity contribution in [1.82, 2.24) is 20.5 Å². The van der Waals surface area contributed by atoms with E-state index in [0.717, 1.165) is 48.2 Å². The largest absolute Gasteiger partial charge is 0.496 e. The molecule has 0 bridgehead atoms. The second kappa shape index (κ2) is 11.0. The first-order valence-electron chi connectivity index (χ1n) is 9.58. The number of methoxy groups -OCH3 is 1. The molecule has 148 valence electrons. The Labute approximate surface area is 159 Å². The maximum absolute atomic E-state index is 5.48. The molecule has 0 aliphatic carbocycles. The van der Waals surface area contributed by atoms with Crippen LogP contribution in [0.3, 0.4) is 0 Å². The van der Waals surface area contributed by atoms with Gasteiger partial charge in [0.2, 0.25) is 0 Å². The molecule has 0 aliphatic rings. The summed E-state index contributed by atoms with van der Waals surface area (Å²) in [5.41, 5.74) is 3.04. The van der Waals surface area contributed by atoms with Gasteiger partial charge in [0.25, 0.3) is 0 Å². The zero-order valence-electron chi connectivity index (χ0n) is 17.8. The topological polar surface area (TPSA) is 61.8 Å². The Balaban J connectivity index is 2.75. The molecule has 1 aromatic heterocycles. The molecule has 26 heavy (non-hydrogen) atoms. The van der Waals surface area contributed by atoms with Gasteiger partial charge in [-0.15, -0.1) is 0 Å². The van der Waals surface area contributed by atoms with E-state index in [4.69, 9.17) is 9.73 Å². The number of hydrogen-bond donors (Lipinski definition) is 2. The Morgan fingerprint density at radius 2 is 1.85 bits per heavy atom. The van der Waals surface area contributed by atoms with Gasteiger partial charge in [0.1, 0.15) is 5.75 Å². The summed E-state index contributed by atoms with van der Waals surface area (Å²) in [6.07, 6.45) is 1.85. The number of nitrogens with one attached hydrogen (secondary N) is 2. The monoisotopic (exact) mass is 363 g/mol. The van der Waals surface area contributed by atoms with Crippen LogP contribution < -0.4 is 15.4 Å². The van der Waals surface area contributed by atoms with Crippen molar-refractivity contribution in [2.75, 3.05) is 26.7 Å². The number of aromatic nitrogens is 1. The Hall–Kier alpha value is -1.82. The van der Waals surface area contributed by atoms with Crippen LogP contribution in [-0.4, -0.2) is 54.7 Å². The van der Waals surface area contributed by atoms with E-state index in [1.54, 1.807) is 7.11 Å². The maximum Gasteiger partial charge on any atom is 0.191 e. The Morgan fingerprint density at radius 1 is 1.19 bits per heavy atom. The first-order chi connectivity index (χ1) is 12.3. The van der Waals surface area contributed by atoms with Crippen molar-refractivity contribution in [2.24, 2.45) is 4.99 Å². The summed E-state index contributed by atoms with van der Waals surface area (Å²) < 4.78 is 5.48. The predicted octanol–water partition coefficient (Wildman–Crippen LogP) is 2.88. The molecule has 0 amide bonds. The molecule has 1 rings (SSSR count). The smallest absolute Gasteiger partial charge is 0.191 e. The minimum absolute atomic E-state index is 0.524. The summed E-state index contributed by atoms with van der Waals surface area (Å²) in [6, 6.07) is 1.06. The van der Waals surface area contributed by atoms with Crippen molar-refractivity contribution in [1.29, 1.82) is 0 Å². The van der Waals surface area contributed by atoms with Crippen molar-refractivity contribution < 1.29 is 4.74 Å². The predicted molar refractivity (Wildman–Crippen MR) is 110 cm³/mol. The number of ether oxygens (including phenoxy) is 1. The second-order valence-electron chi connectivity index (χ2n) is 7.09. The van der Waals surface area contributed by atoms with E-state index in [0.29, 0.717) is 18.6 Å². The van der Waals surface area contributed by atoms with E-state index < -0.39 is 0 Å². The van der Waals surface area contributed by atoms with Gasteiger partial charge in [-0.05, 0) is 48.5 Å². The van der Waals surface area contributed by atoms with E-state index in [1.807, 2.05) is 20.0 Å². The molecule has 1 aromatic rings. The summed E-state index contributed by atoms with van der Waals surface area (Å²) in [6.45, 7) is 18.2. The number of aryl methyl sites for hydroxylation is 1. The van der Waals surface area contributed by atoms with Crippen LogP contribution in [0.5, 0.6) is 5.75 Å². The van der Waals surface area contributed by atoms with Gasteiger partial charge in [-0.1, -0.05) is 0 Å². The lowest BCUT2D eigenvalue weighted by molar-refractivity contribution is 0.178. The Morgan fingerprint density at radius 3 is 2.38 bits per heavy atom. The zero-order chi connectivity index (χ0) is 19.7. The SMILES string of the molecule is CCNC(=NCc1ncc(C)c(OC)c1C)NCCN(C(C)C)C(C)C. The fourth-order valence-electron chi connectivity index (χ4n) is 3.14. The van der Waals surface area contributed by atoms with Gasteiger partial charge in [-0.2, -0.15) is 0 Å². The molecule has 0 aromatic carbocycles. The third kappa shape index (κ3) is 6.48. The molecule has 6 nitrogen and oxygen atoms in total. The second-order valence-corrected chi connectivity index (χ2v) is 7.09. The molecule has 0 unspecified atom stereocenters. The van der Waals surface area contributed by atoms with Gasteiger partial charge in [-0.25, -0.2) is 4.99 Å². The summed E-state index contributed by atoms with van der Waals surface area (Å²) in [4.78, 5) is 11.7. The molecule has 0 saturated heterocycles. The van der Waals surface area contributed by atoms with Crippen LogP contribution in [0.4, 0.5) is 0 Å². The fourth-order valence-corrected chi connectivity index (χ4v) is 3.14. The molecular weight excluding hydrogens is 326 g/mol. The van der Waals surface area contributed by atoms with Gasteiger partial charge in [0.15, 0.2) is 5.96 Å². The summed E-state index contributed by atoms with van der Waals surface area (Å²) in [7, 11) is 1.70. The highest BCUT2D eigenvalue weighted by Gasteiger charge is 2.13. The van der Waals surface area contributed by atoms with Crippen molar-refractivity contribution in [2.45, 2.75) is 67.1 Å². The molecule has 6 heteroatoms. The van der Waals surface area contributed by atoms with Crippen molar-refractivity contribution >= 4 is 5.96 Å². The summed E-state index contributed by atoms with van der Waals surface area (Å²) in [5, 5.41) is 6.73. The molecule has 1 heterocycles. The quantitative estimate of drug-likeness (QED) is 0.522. The molecule has 0 aliphatic heterocycles. The van der Waals surface area contributed by atoms with Gasteiger partial charge >= 0.3 is 0 Å². The van der Waals surface area contributed by atoms with Crippen LogP contribution in [0.2, 0.25) is 0 Å². The normalized spacial score (nSPS) is 12.2. The van der Waals surface area contributed by atoms with Crippen LogP contribution in [0, 0.1) is 13.8 Å². The number of rotatable bonds is 9. The lowest BCUT2D eigenvalue weighted by Crippen LogP contribution is -2.45. The average Bonchev–Trinajstić information content (AvgIpc) is 2.57. The van der Waals surface area contributed by atoms with E-state index in [2.05, 4.69) is 55.1 Å². The lowest BCUT2D eigenvalue weighted by atomic mass is 10.1. The summed E-state index contributed by atoms with van der Waals surface area (Å²) in [5.74, 6) is 1.72. The first-order valence-corrected chi connectivity index (χ1v) is 9.58. The highest BCUT2D eigenvalue weighted by atomic mass is 16.5. The molecule has 0 atom stereocenters. The van der Waals surface area contributed by atoms with Crippen molar-refractivity contribution in [3.63, 3.8) is 0 Å². The number of aliphatic imine (C=N–C) groups is 1. The molecular formula is C20H37N5O. The lowest BCUT2D eigenvalue weighted by Gasteiger charge is -2.30. The van der Waals surface area contributed by atoms with Crippen LogP contribution in [-0.2, 0) is 6.54 Å². The minimum atomic E-state index is 0.524. The van der Waals surface area contributed by atoms with Gasteiger partial charge < -0.3 is 15.4 Å². The number of guanidine groups is 1. The fraction of sp³-hybridized carbons (Fsp3) is 0.700. The summed E-state index contributed by atoms with van der Waals surface area (Å²) >= 11 is 0. The molecule has 0 radical (unpaired) electrons. The number of hydrogen-bond acceptors (Lipinski definition) is 4. The van der Waals surface area contributed by atoms with Crippen LogP contribution >= 0.6 is 0 Å². The zero-order valence-corrected chi connectivity index (χ0v) is 17.8. The highest BCUT2D eigenvalue weighted by Crippen LogP contribution is 2.24. The number of pyridine rings is 1. The van der Waals surface area contributed by atoms with E-state index in [-0.39, 0.29) is 0 Å².